The van der Waals surface area contributed by atoms with E-state index in [9.17, 15) is 9.59 Å². The molecule has 0 N–H and O–H groups in total. The molecule has 0 bridgehead atoms. The van der Waals surface area contributed by atoms with Gasteiger partial charge >= 0.3 is 0 Å². The Balaban J connectivity index is 1.70. The number of nitrogens with zero attached hydrogens (tertiary/aromatic N) is 1. The summed E-state index contributed by atoms with van der Waals surface area (Å²) in [7, 11) is 0. The van der Waals surface area contributed by atoms with Crippen molar-refractivity contribution in [2.75, 3.05) is 4.90 Å². The first-order valence-electron chi connectivity index (χ1n) is 8.22. The smallest absolute Gasteiger partial charge is 0.237 e. The van der Waals surface area contributed by atoms with E-state index in [0.717, 1.165) is 11.3 Å². The van der Waals surface area contributed by atoms with Crippen LogP contribution in [0.2, 0.25) is 0 Å². The molecule has 2 amide bonds. The molecule has 0 radical (unpaired) electrons. The molecule has 4 heteroatoms. The molecule has 0 spiro atoms. The maximum Gasteiger partial charge on any atom is 0.237 e. The van der Waals surface area contributed by atoms with Crippen LogP contribution in [-0.4, -0.2) is 17.9 Å². The summed E-state index contributed by atoms with van der Waals surface area (Å²) in [4.78, 5) is 26.2. The zero-order valence-corrected chi connectivity index (χ0v) is 13.9. The Kier molecular flexibility index (Phi) is 4.65. The van der Waals surface area contributed by atoms with E-state index in [1.807, 2.05) is 56.3 Å². The molecule has 1 aliphatic heterocycles. The van der Waals surface area contributed by atoms with Crippen molar-refractivity contribution < 1.29 is 14.3 Å². The van der Waals surface area contributed by atoms with Crippen LogP contribution in [0.3, 0.4) is 0 Å². The number of hydrogen-bond donors (Lipinski definition) is 0. The number of amides is 2. The molecular formula is C20H21NO3. The summed E-state index contributed by atoms with van der Waals surface area (Å²) in [6.45, 7) is 3.96. The second kappa shape index (κ2) is 6.87. The second-order valence-electron chi connectivity index (χ2n) is 6.32. The Bertz CT molecular complexity index is 722. The summed E-state index contributed by atoms with van der Waals surface area (Å²) in [5.74, 6) is 0.271. The van der Waals surface area contributed by atoms with Crippen LogP contribution >= 0.6 is 0 Å². The van der Waals surface area contributed by atoms with Gasteiger partial charge in [-0.3, -0.25) is 14.5 Å². The monoisotopic (exact) mass is 323 g/mol. The molecule has 0 aromatic heterocycles. The van der Waals surface area contributed by atoms with Gasteiger partial charge < -0.3 is 4.74 Å². The lowest BCUT2D eigenvalue weighted by molar-refractivity contribution is -0.122. The van der Waals surface area contributed by atoms with Crippen LogP contribution in [0.25, 0.3) is 0 Å². The van der Waals surface area contributed by atoms with E-state index in [0.29, 0.717) is 12.1 Å². The first-order chi connectivity index (χ1) is 11.5. The van der Waals surface area contributed by atoms with Gasteiger partial charge in [0, 0.05) is 6.42 Å². The molecule has 1 heterocycles. The summed E-state index contributed by atoms with van der Waals surface area (Å²) in [6, 6.07) is 16.8. The summed E-state index contributed by atoms with van der Waals surface area (Å²) in [5.41, 5.74) is 1.68. The van der Waals surface area contributed by atoms with E-state index in [2.05, 4.69) is 0 Å². The fourth-order valence-corrected chi connectivity index (χ4v) is 2.96. The van der Waals surface area contributed by atoms with Crippen LogP contribution in [0.4, 0.5) is 5.69 Å². The quantitative estimate of drug-likeness (QED) is 0.790. The van der Waals surface area contributed by atoms with E-state index >= 15 is 0 Å². The number of imide groups is 1. The molecule has 24 heavy (non-hydrogen) atoms. The molecule has 1 atom stereocenters. The van der Waals surface area contributed by atoms with E-state index in [4.69, 9.17) is 4.74 Å². The summed E-state index contributed by atoms with van der Waals surface area (Å²) in [5, 5.41) is 0. The van der Waals surface area contributed by atoms with Crippen LogP contribution < -0.4 is 9.64 Å². The zero-order valence-electron chi connectivity index (χ0n) is 13.9. The van der Waals surface area contributed by atoms with Gasteiger partial charge in [-0.2, -0.15) is 0 Å². The topological polar surface area (TPSA) is 46.6 Å². The fourth-order valence-electron chi connectivity index (χ4n) is 2.96. The molecule has 124 valence electrons. The number of carbonyl (C=O) groups is 2. The van der Waals surface area contributed by atoms with Gasteiger partial charge in [0.05, 0.1) is 17.7 Å². The van der Waals surface area contributed by atoms with E-state index < -0.39 is 0 Å². The lowest BCUT2D eigenvalue weighted by Gasteiger charge is -2.15. The minimum atomic E-state index is -0.297. The van der Waals surface area contributed by atoms with Crippen LogP contribution in [0.15, 0.2) is 54.6 Å². The van der Waals surface area contributed by atoms with Crippen LogP contribution in [0, 0.1) is 5.92 Å². The van der Waals surface area contributed by atoms with Gasteiger partial charge in [0.15, 0.2) is 0 Å². The van der Waals surface area contributed by atoms with Crippen molar-refractivity contribution in [3.05, 3.63) is 60.2 Å². The number of para-hydroxylation sites is 1. The first-order valence-corrected chi connectivity index (χ1v) is 8.22. The first kappa shape index (κ1) is 16.2. The molecule has 0 aliphatic carbocycles. The van der Waals surface area contributed by atoms with Gasteiger partial charge in [-0.15, -0.1) is 0 Å². The highest BCUT2D eigenvalue weighted by Crippen LogP contribution is 2.29. The zero-order chi connectivity index (χ0) is 17.1. The number of carbonyl (C=O) groups excluding carboxylic acids is 2. The highest BCUT2D eigenvalue weighted by atomic mass is 16.5. The highest BCUT2D eigenvalue weighted by Gasteiger charge is 2.39. The number of benzene rings is 2. The molecule has 0 unspecified atom stereocenters. The highest BCUT2D eigenvalue weighted by molar-refractivity contribution is 6.20. The van der Waals surface area contributed by atoms with Crippen molar-refractivity contribution in [1.29, 1.82) is 0 Å². The van der Waals surface area contributed by atoms with Gasteiger partial charge in [-0.25, -0.2) is 0 Å². The van der Waals surface area contributed by atoms with Crippen LogP contribution in [-0.2, 0) is 16.0 Å². The van der Waals surface area contributed by atoms with Crippen molar-refractivity contribution >= 4 is 17.5 Å². The molecule has 3 rings (SSSR count). The van der Waals surface area contributed by atoms with E-state index in [1.165, 1.54) is 4.90 Å². The van der Waals surface area contributed by atoms with Gasteiger partial charge in [-0.05, 0) is 50.1 Å². The van der Waals surface area contributed by atoms with Crippen molar-refractivity contribution in [3.8, 4) is 5.75 Å². The van der Waals surface area contributed by atoms with E-state index in [1.54, 1.807) is 12.1 Å². The average molecular weight is 323 g/mol. The molecule has 4 nitrogen and oxygen atoms in total. The number of anilines is 1. The average Bonchev–Trinajstić information content (AvgIpc) is 2.83. The summed E-state index contributed by atoms with van der Waals surface area (Å²) in [6.07, 6.45) is 0.956. The van der Waals surface area contributed by atoms with Gasteiger partial charge in [-0.1, -0.05) is 30.3 Å². The summed E-state index contributed by atoms with van der Waals surface area (Å²) >= 11 is 0. The minimum absolute atomic E-state index is 0.117. The van der Waals surface area contributed by atoms with Crippen molar-refractivity contribution in [2.24, 2.45) is 5.92 Å². The lowest BCUT2D eigenvalue weighted by atomic mass is 9.98. The predicted octanol–water partition coefficient (Wildman–Crippen LogP) is 3.60. The van der Waals surface area contributed by atoms with Crippen molar-refractivity contribution in [2.45, 2.75) is 32.8 Å². The maximum absolute atomic E-state index is 12.6. The molecule has 1 saturated heterocycles. The third kappa shape index (κ3) is 3.48. The Morgan fingerprint density at radius 1 is 1.04 bits per heavy atom. The Morgan fingerprint density at radius 2 is 1.71 bits per heavy atom. The second-order valence-corrected chi connectivity index (χ2v) is 6.32. The van der Waals surface area contributed by atoms with Crippen molar-refractivity contribution in [1.82, 2.24) is 0 Å². The number of ether oxygens (including phenoxy) is 1. The number of hydrogen-bond acceptors (Lipinski definition) is 3. The van der Waals surface area contributed by atoms with Gasteiger partial charge in [0.2, 0.25) is 11.8 Å². The molecule has 0 saturated carbocycles. The standard InChI is InChI=1S/C20H21NO3/c1-14(2)24-18-10-8-15(9-11-18)12-16-13-19(22)21(20(16)23)17-6-4-3-5-7-17/h3-11,14,16H,12-13H2,1-2H3/t16-/m0/s1. The van der Waals surface area contributed by atoms with Gasteiger partial charge in [0.25, 0.3) is 0 Å². The largest absolute Gasteiger partial charge is 0.491 e. The molecule has 1 fully saturated rings. The Morgan fingerprint density at radius 3 is 2.33 bits per heavy atom. The number of rotatable bonds is 5. The molecule has 1 aliphatic rings. The molecule has 2 aromatic rings. The van der Waals surface area contributed by atoms with Crippen LogP contribution in [0.5, 0.6) is 5.75 Å². The van der Waals surface area contributed by atoms with Crippen molar-refractivity contribution in [3.63, 3.8) is 0 Å². The normalized spacial score (nSPS) is 17.6. The predicted molar refractivity (Wildman–Crippen MR) is 93.0 cm³/mol. The van der Waals surface area contributed by atoms with Gasteiger partial charge in [0.1, 0.15) is 5.75 Å². The van der Waals surface area contributed by atoms with Crippen LogP contribution in [0.1, 0.15) is 25.8 Å². The maximum atomic E-state index is 12.6. The minimum Gasteiger partial charge on any atom is -0.491 e. The molecule has 2 aromatic carbocycles. The van der Waals surface area contributed by atoms with E-state index in [-0.39, 0.29) is 30.3 Å². The fraction of sp³-hybridized carbons (Fsp3) is 0.300. The summed E-state index contributed by atoms with van der Waals surface area (Å²) < 4.78 is 5.62. The third-order valence-electron chi connectivity index (χ3n) is 4.03. The Hall–Kier alpha value is -2.62. The molecular weight excluding hydrogens is 302 g/mol. The SMILES string of the molecule is CC(C)Oc1ccc(C[C@H]2CC(=O)N(c3ccccc3)C2=O)cc1. The lowest BCUT2D eigenvalue weighted by Crippen LogP contribution is -2.30. The Labute approximate surface area is 142 Å². The third-order valence-corrected chi connectivity index (χ3v) is 4.03.